The van der Waals surface area contributed by atoms with Crippen LogP contribution in [0.15, 0.2) is 97.2 Å². The first kappa shape index (κ1) is 38.3. The first-order valence-electron chi connectivity index (χ1n) is 19.2. The number of hydrogen-bond donors (Lipinski definition) is 4. The highest BCUT2D eigenvalue weighted by atomic mass is 19.1. The van der Waals surface area contributed by atoms with Crippen molar-refractivity contribution < 1.29 is 42.6 Å². The molecular weight excluding hydrogens is 746 g/mol. The Hall–Kier alpha value is -6.54. The summed E-state index contributed by atoms with van der Waals surface area (Å²) in [4.78, 5) is 73.3. The number of carbonyl (C=O) groups excluding carboxylic acids is 5. The number of aromatic nitrogens is 1. The number of nitrogens with one attached hydrogen (secondary N) is 4. The topological polar surface area (TPSA) is 168 Å². The minimum absolute atomic E-state index is 0.00327. The third kappa shape index (κ3) is 7.87. The SMILES string of the molecule is COC(=O)[C@@H]1[C@@H]2CCN1C(=O)[C@H](Cc1c[nH]c3ccc(F)cc13)NC(=O)[C@@H](NC(=O)OCC1c3ccccc3-c3ccccc31)Cc1cccc(c1)CNC(=O)CO2. The van der Waals surface area contributed by atoms with E-state index in [0.717, 1.165) is 27.8 Å². The van der Waals surface area contributed by atoms with Crippen molar-refractivity contribution in [3.63, 3.8) is 0 Å². The van der Waals surface area contributed by atoms with E-state index in [9.17, 15) is 28.4 Å². The second-order valence-electron chi connectivity index (χ2n) is 14.7. The number of methoxy groups -OCH3 is 1. The Kier molecular flexibility index (Phi) is 10.9. The van der Waals surface area contributed by atoms with Crippen LogP contribution in [0.2, 0.25) is 0 Å². The number of ether oxygens (including phenoxy) is 3. The maximum Gasteiger partial charge on any atom is 0.407 e. The molecular formula is C44H42FN5O8. The highest BCUT2D eigenvalue weighted by Gasteiger charge is 2.46. The van der Waals surface area contributed by atoms with Gasteiger partial charge in [0.2, 0.25) is 17.7 Å². The van der Waals surface area contributed by atoms with E-state index < -0.39 is 59.8 Å². The van der Waals surface area contributed by atoms with Gasteiger partial charge in [-0.3, -0.25) is 14.4 Å². The molecule has 8 rings (SSSR count). The van der Waals surface area contributed by atoms with E-state index in [0.29, 0.717) is 22.0 Å². The van der Waals surface area contributed by atoms with Gasteiger partial charge in [-0.15, -0.1) is 0 Å². The average molecular weight is 788 g/mol. The van der Waals surface area contributed by atoms with E-state index in [2.05, 4.69) is 20.9 Å². The molecule has 4 bridgehead atoms. The van der Waals surface area contributed by atoms with Crippen molar-refractivity contribution in [1.82, 2.24) is 25.8 Å². The minimum atomic E-state index is -1.29. The zero-order chi connectivity index (χ0) is 40.3. The third-order valence-corrected chi connectivity index (χ3v) is 11.1. The van der Waals surface area contributed by atoms with Crippen molar-refractivity contribution in [1.29, 1.82) is 0 Å². The molecule has 0 radical (unpaired) electrons. The number of fused-ring (bicyclic) bond motifs is 8. The molecule has 5 aromatic rings. The lowest BCUT2D eigenvalue weighted by atomic mass is 9.98. The Bertz CT molecular complexity index is 2350. The van der Waals surface area contributed by atoms with Crippen LogP contribution in [0.5, 0.6) is 0 Å². The monoisotopic (exact) mass is 787 g/mol. The third-order valence-electron chi connectivity index (χ3n) is 11.1. The molecule has 0 saturated carbocycles. The van der Waals surface area contributed by atoms with Crippen LogP contribution in [-0.2, 0) is 52.8 Å². The lowest BCUT2D eigenvalue weighted by molar-refractivity contribution is -0.157. The summed E-state index contributed by atoms with van der Waals surface area (Å²) < 4.78 is 31.3. The predicted octanol–water partition coefficient (Wildman–Crippen LogP) is 4.27. The average Bonchev–Trinajstić information content (AvgIpc) is 3.94. The maximum absolute atomic E-state index is 14.6. The Labute approximate surface area is 333 Å². The molecule has 14 heteroatoms. The van der Waals surface area contributed by atoms with Gasteiger partial charge in [-0.05, 0) is 63.6 Å². The number of alkyl carbamates (subject to hydrolysis) is 1. The van der Waals surface area contributed by atoms with Crippen LogP contribution < -0.4 is 16.0 Å². The maximum atomic E-state index is 14.6. The summed E-state index contributed by atoms with van der Waals surface area (Å²) >= 11 is 0. The van der Waals surface area contributed by atoms with Crippen LogP contribution in [-0.4, -0.2) is 90.8 Å². The second-order valence-corrected chi connectivity index (χ2v) is 14.7. The molecule has 13 nitrogen and oxygen atoms in total. The van der Waals surface area contributed by atoms with E-state index >= 15 is 0 Å². The molecule has 1 aliphatic carbocycles. The van der Waals surface area contributed by atoms with Crippen LogP contribution in [0.4, 0.5) is 9.18 Å². The molecule has 4 amide bonds. The number of H-pyrrole nitrogens is 1. The Balaban J connectivity index is 1.11. The fourth-order valence-corrected chi connectivity index (χ4v) is 8.33. The van der Waals surface area contributed by atoms with E-state index in [1.807, 2.05) is 60.7 Å². The molecule has 298 valence electrons. The molecule has 3 aliphatic rings. The Morgan fingerprint density at radius 3 is 2.43 bits per heavy atom. The van der Waals surface area contributed by atoms with E-state index in [4.69, 9.17) is 14.2 Å². The van der Waals surface area contributed by atoms with E-state index in [1.165, 1.54) is 24.1 Å². The fourth-order valence-electron chi connectivity index (χ4n) is 8.33. The van der Waals surface area contributed by atoms with Gasteiger partial charge in [-0.1, -0.05) is 72.8 Å². The first-order valence-corrected chi connectivity index (χ1v) is 19.2. The van der Waals surface area contributed by atoms with Crippen LogP contribution >= 0.6 is 0 Å². The van der Waals surface area contributed by atoms with Gasteiger partial charge in [0.25, 0.3) is 0 Å². The number of esters is 1. The van der Waals surface area contributed by atoms with Gasteiger partial charge in [-0.25, -0.2) is 14.0 Å². The lowest BCUT2D eigenvalue weighted by Crippen LogP contribution is -2.58. The fraction of sp³-hybridized carbons (Fsp3) is 0.295. The normalized spacial score (nSPS) is 21.1. The van der Waals surface area contributed by atoms with Crippen molar-refractivity contribution in [2.75, 3.05) is 26.9 Å². The number of hydrogen-bond acceptors (Lipinski definition) is 8. The molecule has 4 aromatic carbocycles. The van der Waals surface area contributed by atoms with Gasteiger partial charge in [-0.2, -0.15) is 0 Å². The quantitative estimate of drug-likeness (QED) is 0.185. The minimum Gasteiger partial charge on any atom is -0.467 e. The van der Waals surface area contributed by atoms with Crippen LogP contribution in [0.1, 0.15) is 40.2 Å². The number of nitrogens with zero attached hydrogens (tertiary/aromatic N) is 1. The van der Waals surface area contributed by atoms with Crippen LogP contribution in [0, 0.1) is 5.82 Å². The van der Waals surface area contributed by atoms with E-state index in [-0.39, 0.29) is 51.5 Å². The molecule has 1 saturated heterocycles. The van der Waals surface area contributed by atoms with Gasteiger partial charge < -0.3 is 40.0 Å². The number of amides is 4. The highest BCUT2D eigenvalue weighted by molar-refractivity contribution is 5.95. The summed E-state index contributed by atoms with van der Waals surface area (Å²) in [5, 5.41) is 8.94. The standard InChI is InChI=1S/C44H42FN5O8/c1-56-43(54)40-38-15-16-50(40)42(53)37(19-27-22-46-35-14-13-28(45)20-33(27)35)48-41(52)36(18-25-7-6-8-26(17-25)21-47-39(51)24-57-38)49-44(55)58-23-34-31-11-4-2-9-29(31)30-10-3-5-12-32(30)34/h2-14,17,20,22,34,36-38,40,46H,15-16,18-19,21,23-24H2,1H3,(H,47,51)(H,48,52)(H,49,55)/t36-,37-,38-,40-/m0/s1. The van der Waals surface area contributed by atoms with Gasteiger partial charge in [0.05, 0.1) is 13.2 Å². The summed E-state index contributed by atoms with van der Waals surface area (Å²) in [6, 6.07) is 23.5. The van der Waals surface area contributed by atoms with Crippen molar-refractivity contribution >= 4 is 40.7 Å². The summed E-state index contributed by atoms with van der Waals surface area (Å²) in [6.07, 6.45) is 0.0392. The molecule has 2 aliphatic heterocycles. The Morgan fingerprint density at radius 2 is 1.67 bits per heavy atom. The van der Waals surface area contributed by atoms with Crippen molar-refractivity contribution in [2.24, 2.45) is 0 Å². The first-order chi connectivity index (χ1) is 28.2. The number of rotatable bonds is 6. The largest absolute Gasteiger partial charge is 0.467 e. The molecule has 58 heavy (non-hydrogen) atoms. The highest BCUT2D eigenvalue weighted by Crippen LogP contribution is 2.44. The summed E-state index contributed by atoms with van der Waals surface area (Å²) in [5.74, 6) is -3.21. The molecule has 1 aromatic heterocycles. The summed E-state index contributed by atoms with van der Waals surface area (Å²) in [6.45, 7) is -0.150. The van der Waals surface area contributed by atoms with Gasteiger partial charge in [0, 0.05) is 48.9 Å². The molecule has 4 N–H and O–H groups in total. The molecule has 3 heterocycles. The Morgan fingerprint density at radius 1 is 0.931 bits per heavy atom. The number of aromatic amines is 1. The number of benzene rings is 4. The van der Waals surface area contributed by atoms with Crippen molar-refractivity contribution in [3.05, 3.63) is 131 Å². The lowest BCUT2D eigenvalue weighted by Gasteiger charge is -2.30. The molecule has 4 atom stereocenters. The summed E-state index contributed by atoms with van der Waals surface area (Å²) in [7, 11) is 1.19. The van der Waals surface area contributed by atoms with Gasteiger partial charge in [0.1, 0.15) is 31.1 Å². The molecule has 0 spiro atoms. The number of carbonyl (C=O) groups is 5. The second kappa shape index (κ2) is 16.5. The smallest absolute Gasteiger partial charge is 0.407 e. The van der Waals surface area contributed by atoms with Gasteiger partial charge in [0.15, 0.2) is 6.04 Å². The van der Waals surface area contributed by atoms with E-state index in [1.54, 1.807) is 24.4 Å². The van der Waals surface area contributed by atoms with Crippen LogP contribution in [0.25, 0.3) is 22.0 Å². The molecule has 1 fully saturated rings. The van der Waals surface area contributed by atoms with Crippen LogP contribution in [0.3, 0.4) is 0 Å². The number of halogens is 1. The van der Waals surface area contributed by atoms with Crippen molar-refractivity contribution in [2.45, 2.75) is 56.0 Å². The predicted molar refractivity (Wildman–Crippen MR) is 210 cm³/mol. The van der Waals surface area contributed by atoms with Crippen molar-refractivity contribution in [3.8, 4) is 11.1 Å². The zero-order valence-electron chi connectivity index (χ0n) is 31.7. The van der Waals surface area contributed by atoms with Gasteiger partial charge >= 0.3 is 12.1 Å². The molecule has 0 unspecified atom stereocenters. The zero-order valence-corrected chi connectivity index (χ0v) is 31.7. The summed E-state index contributed by atoms with van der Waals surface area (Å²) in [5.41, 5.74) is 6.73.